The van der Waals surface area contributed by atoms with Gasteiger partial charge in [-0.15, -0.1) is 0 Å². The van der Waals surface area contributed by atoms with Crippen LogP contribution in [0.3, 0.4) is 0 Å². The first-order valence-electron chi connectivity index (χ1n) is 10.9. The summed E-state index contributed by atoms with van der Waals surface area (Å²) in [5.74, 6) is 0.752. The third kappa shape index (κ3) is 4.66. The van der Waals surface area contributed by atoms with E-state index >= 15 is 0 Å². The zero-order valence-electron chi connectivity index (χ0n) is 18.7. The maximum absolute atomic E-state index is 12.8. The standard InChI is InChI=1S/C28H20F3N3O/c1-35-23-13-6-19(7-14-23)26-16-20(17-32-34-22-11-9-21(10-12-22)28(29,30)31)25-15-8-18-4-2-3-5-24(18)27(25)33-26/h2-17,34H,1H3/b32-17+. The number of fused-ring (bicyclic) bond motifs is 3. The number of rotatable bonds is 5. The largest absolute Gasteiger partial charge is 0.497 e. The highest BCUT2D eigenvalue weighted by atomic mass is 19.4. The minimum absolute atomic E-state index is 0.452. The van der Waals surface area contributed by atoms with Gasteiger partial charge in [0.05, 0.1) is 35.8 Å². The Balaban J connectivity index is 1.55. The van der Waals surface area contributed by atoms with Gasteiger partial charge in [0, 0.05) is 21.9 Å². The molecule has 4 nitrogen and oxygen atoms in total. The van der Waals surface area contributed by atoms with Gasteiger partial charge in [0.2, 0.25) is 0 Å². The van der Waals surface area contributed by atoms with Gasteiger partial charge in [-0.05, 0) is 60.0 Å². The summed E-state index contributed by atoms with van der Waals surface area (Å²) in [5, 5.41) is 7.30. The molecular weight excluding hydrogens is 451 g/mol. The summed E-state index contributed by atoms with van der Waals surface area (Å²) in [5.41, 5.74) is 5.92. The van der Waals surface area contributed by atoms with Crippen LogP contribution in [0.1, 0.15) is 11.1 Å². The van der Waals surface area contributed by atoms with Gasteiger partial charge in [0.1, 0.15) is 5.75 Å². The highest BCUT2D eigenvalue weighted by Gasteiger charge is 2.29. The molecule has 174 valence electrons. The van der Waals surface area contributed by atoms with Gasteiger partial charge in [0.15, 0.2) is 0 Å². The Hall–Kier alpha value is -4.39. The molecule has 4 aromatic carbocycles. The second-order valence-corrected chi connectivity index (χ2v) is 7.95. The van der Waals surface area contributed by atoms with Crippen molar-refractivity contribution in [3.05, 3.63) is 102 Å². The van der Waals surface area contributed by atoms with E-state index in [0.29, 0.717) is 5.69 Å². The Morgan fingerprint density at radius 2 is 1.60 bits per heavy atom. The zero-order chi connectivity index (χ0) is 24.4. The number of hydrogen-bond donors (Lipinski definition) is 1. The number of methoxy groups -OCH3 is 1. The Morgan fingerprint density at radius 3 is 2.31 bits per heavy atom. The molecule has 5 aromatic rings. The van der Waals surface area contributed by atoms with Crippen LogP contribution in [0.15, 0.2) is 96.1 Å². The van der Waals surface area contributed by atoms with Crippen LogP contribution in [0, 0.1) is 0 Å². The molecule has 0 saturated heterocycles. The van der Waals surface area contributed by atoms with E-state index in [9.17, 15) is 13.2 Å². The number of pyridine rings is 1. The second-order valence-electron chi connectivity index (χ2n) is 7.95. The molecule has 0 bridgehead atoms. The van der Waals surface area contributed by atoms with Gasteiger partial charge < -0.3 is 4.74 Å². The smallest absolute Gasteiger partial charge is 0.416 e. The van der Waals surface area contributed by atoms with Crippen molar-refractivity contribution in [3.63, 3.8) is 0 Å². The predicted octanol–water partition coefficient (Wildman–Crippen LogP) is 7.53. The molecule has 0 unspecified atom stereocenters. The number of nitrogens with zero attached hydrogens (tertiary/aromatic N) is 2. The summed E-state index contributed by atoms with van der Waals surface area (Å²) in [4.78, 5) is 4.96. The summed E-state index contributed by atoms with van der Waals surface area (Å²) in [7, 11) is 1.62. The Labute approximate surface area is 199 Å². The lowest BCUT2D eigenvalue weighted by Gasteiger charge is -2.10. The van der Waals surface area contributed by atoms with Gasteiger partial charge in [-0.2, -0.15) is 18.3 Å². The van der Waals surface area contributed by atoms with Gasteiger partial charge >= 0.3 is 6.18 Å². The molecule has 0 atom stereocenters. The van der Waals surface area contributed by atoms with E-state index in [1.54, 1.807) is 13.3 Å². The first kappa shape index (κ1) is 22.4. The minimum Gasteiger partial charge on any atom is -0.497 e. The number of alkyl halides is 3. The van der Waals surface area contributed by atoms with Gasteiger partial charge in [-0.3, -0.25) is 5.43 Å². The van der Waals surface area contributed by atoms with Crippen LogP contribution in [0.4, 0.5) is 18.9 Å². The number of halogens is 3. The maximum Gasteiger partial charge on any atom is 0.416 e. The molecule has 0 spiro atoms. The average Bonchev–Trinajstić information content (AvgIpc) is 2.88. The zero-order valence-corrected chi connectivity index (χ0v) is 18.7. The van der Waals surface area contributed by atoms with Crippen LogP contribution in [0.25, 0.3) is 32.9 Å². The Morgan fingerprint density at radius 1 is 0.857 bits per heavy atom. The second kappa shape index (κ2) is 9.10. The maximum atomic E-state index is 12.8. The van der Waals surface area contributed by atoms with Crippen LogP contribution < -0.4 is 10.2 Å². The van der Waals surface area contributed by atoms with Crippen LogP contribution >= 0.6 is 0 Å². The van der Waals surface area contributed by atoms with Crippen molar-refractivity contribution in [1.29, 1.82) is 0 Å². The molecule has 0 fully saturated rings. The van der Waals surface area contributed by atoms with Crippen molar-refractivity contribution >= 4 is 33.6 Å². The molecule has 0 amide bonds. The van der Waals surface area contributed by atoms with Gasteiger partial charge in [-0.25, -0.2) is 4.98 Å². The predicted molar refractivity (Wildman–Crippen MR) is 134 cm³/mol. The van der Waals surface area contributed by atoms with Crippen molar-refractivity contribution in [1.82, 2.24) is 4.98 Å². The van der Waals surface area contributed by atoms with Gasteiger partial charge in [-0.1, -0.05) is 36.4 Å². The Kier molecular flexibility index (Phi) is 5.82. The van der Waals surface area contributed by atoms with E-state index in [0.717, 1.165) is 56.4 Å². The number of aromatic nitrogens is 1. The van der Waals surface area contributed by atoms with Crippen LogP contribution in [0.2, 0.25) is 0 Å². The molecule has 35 heavy (non-hydrogen) atoms. The molecule has 1 aromatic heterocycles. The molecule has 0 radical (unpaired) electrons. The summed E-state index contributed by atoms with van der Waals surface area (Å²) in [6.07, 6.45) is -2.72. The highest BCUT2D eigenvalue weighted by molar-refractivity contribution is 6.11. The van der Waals surface area contributed by atoms with Gasteiger partial charge in [0.25, 0.3) is 0 Å². The monoisotopic (exact) mass is 471 g/mol. The molecule has 0 aliphatic rings. The van der Waals surface area contributed by atoms with E-state index in [-0.39, 0.29) is 0 Å². The van der Waals surface area contributed by atoms with Crippen molar-refractivity contribution in [2.75, 3.05) is 12.5 Å². The molecule has 0 saturated carbocycles. The normalized spacial score (nSPS) is 11.9. The first-order chi connectivity index (χ1) is 16.9. The number of anilines is 1. The van der Waals surface area contributed by atoms with E-state index in [4.69, 9.17) is 9.72 Å². The number of hydrazone groups is 1. The lowest BCUT2D eigenvalue weighted by Crippen LogP contribution is -2.04. The molecule has 1 N–H and O–H groups in total. The number of ether oxygens (including phenoxy) is 1. The molecule has 0 aliphatic carbocycles. The summed E-state index contributed by atoms with van der Waals surface area (Å²) >= 11 is 0. The summed E-state index contributed by atoms with van der Waals surface area (Å²) in [6, 6.07) is 26.4. The highest BCUT2D eigenvalue weighted by Crippen LogP contribution is 2.31. The fourth-order valence-electron chi connectivity index (χ4n) is 3.91. The van der Waals surface area contributed by atoms with Crippen molar-refractivity contribution in [2.24, 2.45) is 5.10 Å². The van der Waals surface area contributed by atoms with Crippen LogP contribution in [0.5, 0.6) is 5.75 Å². The van der Waals surface area contributed by atoms with Crippen molar-refractivity contribution < 1.29 is 17.9 Å². The Bertz CT molecular complexity index is 1530. The van der Waals surface area contributed by atoms with Crippen molar-refractivity contribution in [2.45, 2.75) is 6.18 Å². The summed E-state index contributed by atoms with van der Waals surface area (Å²) < 4.78 is 43.7. The third-order valence-corrected chi connectivity index (χ3v) is 5.73. The topological polar surface area (TPSA) is 46.5 Å². The fraction of sp³-hybridized carbons (Fsp3) is 0.0714. The molecule has 0 aliphatic heterocycles. The van der Waals surface area contributed by atoms with Crippen molar-refractivity contribution in [3.8, 4) is 17.0 Å². The molecular formula is C28H20F3N3O. The minimum atomic E-state index is -4.38. The van der Waals surface area contributed by atoms with Crippen LogP contribution in [-0.4, -0.2) is 18.3 Å². The van der Waals surface area contributed by atoms with E-state index in [2.05, 4.69) is 10.5 Å². The van der Waals surface area contributed by atoms with E-state index in [1.807, 2.05) is 66.7 Å². The number of benzene rings is 4. The number of hydrogen-bond acceptors (Lipinski definition) is 4. The van der Waals surface area contributed by atoms with E-state index in [1.165, 1.54) is 12.1 Å². The molecule has 7 heteroatoms. The lowest BCUT2D eigenvalue weighted by molar-refractivity contribution is -0.137. The number of nitrogens with one attached hydrogen (secondary N) is 1. The summed E-state index contributed by atoms with van der Waals surface area (Å²) in [6.45, 7) is 0. The third-order valence-electron chi connectivity index (χ3n) is 5.73. The average molecular weight is 471 g/mol. The fourth-order valence-corrected chi connectivity index (χ4v) is 3.91. The van der Waals surface area contributed by atoms with E-state index < -0.39 is 11.7 Å². The quantitative estimate of drug-likeness (QED) is 0.164. The lowest BCUT2D eigenvalue weighted by atomic mass is 10.0. The van der Waals surface area contributed by atoms with Crippen LogP contribution in [-0.2, 0) is 6.18 Å². The SMILES string of the molecule is COc1ccc(-c2cc(/C=N/Nc3ccc(C(F)(F)F)cc3)c3ccc4ccccc4c3n2)cc1. The first-order valence-corrected chi connectivity index (χ1v) is 10.9. The molecule has 5 rings (SSSR count). The molecule has 1 heterocycles.